The summed E-state index contributed by atoms with van der Waals surface area (Å²) in [6.45, 7) is 0. The minimum Gasteiger partial charge on any atom is -0.478 e. The monoisotopic (exact) mass is 489 g/mol. The van der Waals surface area contributed by atoms with E-state index in [4.69, 9.17) is 0 Å². The number of urea groups is 1. The van der Waals surface area contributed by atoms with Gasteiger partial charge in [-0.05, 0) is 54.6 Å². The van der Waals surface area contributed by atoms with Crippen molar-refractivity contribution in [1.29, 1.82) is 0 Å². The van der Waals surface area contributed by atoms with E-state index in [2.05, 4.69) is 31.9 Å². The molecular weight excluding hydrogens is 476 g/mol. The van der Waals surface area contributed by atoms with E-state index in [-0.39, 0.29) is 22.5 Å². The SMILES string of the molecule is O=C(Nc1ccc(C(=O)Nc2ccc(Br)cc2C(=O)O)cc1)Nc1ccc(F)cc1F. The summed E-state index contributed by atoms with van der Waals surface area (Å²) in [7, 11) is 0. The van der Waals surface area contributed by atoms with E-state index in [0.717, 1.165) is 12.1 Å². The molecular formula is C21H14BrF2N3O4. The van der Waals surface area contributed by atoms with Crippen LogP contribution in [0.1, 0.15) is 20.7 Å². The zero-order valence-corrected chi connectivity index (χ0v) is 17.2. The molecule has 0 atom stereocenters. The summed E-state index contributed by atoms with van der Waals surface area (Å²) in [5, 5.41) is 16.5. The molecule has 0 aromatic heterocycles. The predicted octanol–water partition coefficient (Wildman–Crippen LogP) is 5.32. The first-order valence-corrected chi connectivity index (χ1v) is 9.49. The first kappa shape index (κ1) is 21.9. The molecule has 3 rings (SSSR count). The Bertz CT molecular complexity index is 1170. The van der Waals surface area contributed by atoms with Crippen molar-refractivity contribution >= 4 is 50.9 Å². The lowest BCUT2D eigenvalue weighted by molar-refractivity contribution is 0.0698. The topological polar surface area (TPSA) is 108 Å². The summed E-state index contributed by atoms with van der Waals surface area (Å²) >= 11 is 3.18. The van der Waals surface area contributed by atoms with Crippen LogP contribution in [0.5, 0.6) is 0 Å². The Kier molecular flexibility index (Phi) is 6.61. The van der Waals surface area contributed by atoms with Crippen LogP contribution in [-0.2, 0) is 0 Å². The van der Waals surface area contributed by atoms with Gasteiger partial charge in [0.25, 0.3) is 5.91 Å². The number of aromatic carboxylic acids is 1. The van der Waals surface area contributed by atoms with Crippen molar-refractivity contribution in [2.75, 3.05) is 16.0 Å². The van der Waals surface area contributed by atoms with Gasteiger partial charge in [0.1, 0.15) is 11.6 Å². The van der Waals surface area contributed by atoms with Gasteiger partial charge in [0.2, 0.25) is 0 Å². The Labute approximate surface area is 183 Å². The van der Waals surface area contributed by atoms with Gasteiger partial charge in [0.15, 0.2) is 0 Å². The Morgan fingerprint density at radius 2 is 1.48 bits per heavy atom. The molecule has 0 saturated heterocycles. The molecule has 0 aliphatic heterocycles. The molecule has 3 amide bonds. The maximum absolute atomic E-state index is 13.6. The van der Waals surface area contributed by atoms with Crippen molar-refractivity contribution in [2.24, 2.45) is 0 Å². The summed E-state index contributed by atoms with van der Waals surface area (Å²) in [6, 6.07) is 12.1. The summed E-state index contributed by atoms with van der Waals surface area (Å²) < 4.78 is 27.1. The number of hydrogen-bond donors (Lipinski definition) is 4. The number of hydrogen-bond acceptors (Lipinski definition) is 3. The minimum absolute atomic E-state index is 0.0780. The molecule has 10 heteroatoms. The smallest absolute Gasteiger partial charge is 0.337 e. The Morgan fingerprint density at radius 3 is 2.13 bits per heavy atom. The van der Waals surface area contributed by atoms with Crippen LogP contribution >= 0.6 is 15.9 Å². The van der Waals surface area contributed by atoms with E-state index in [1.165, 1.54) is 36.4 Å². The van der Waals surface area contributed by atoms with Crippen molar-refractivity contribution < 1.29 is 28.3 Å². The van der Waals surface area contributed by atoms with Crippen molar-refractivity contribution in [3.05, 3.63) is 87.9 Å². The molecule has 0 fully saturated rings. The van der Waals surface area contributed by atoms with E-state index in [1.807, 2.05) is 0 Å². The van der Waals surface area contributed by atoms with E-state index < -0.39 is 29.5 Å². The molecule has 31 heavy (non-hydrogen) atoms. The fourth-order valence-electron chi connectivity index (χ4n) is 2.58. The molecule has 3 aromatic rings. The van der Waals surface area contributed by atoms with Gasteiger partial charge < -0.3 is 21.1 Å². The third kappa shape index (κ3) is 5.64. The number of carboxylic acid groups (broad SMARTS) is 1. The molecule has 4 N–H and O–H groups in total. The summed E-state index contributed by atoms with van der Waals surface area (Å²) in [4.78, 5) is 35.8. The van der Waals surface area contributed by atoms with Crippen molar-refractivity contribution in [1.82, 2.24) is 0 Å². The largest absolute Gasteiger partial charge is 0.478 e. The molecule has 0 unspecified atom stereocenters. The highest BCUT2D eigenvalue weighted by molar-refractivity contribution is 9.10. The Hall–Kier alpha value is -3.79. The van der Waals surface area contributed by atoms with Gasteiger partial charge in [-0.3, -0.25) is 4.79 Å². The Morgan fingerprint density at radius 1 is 0.806 bits per heavy atom. The zero-order chi connectivity index (χ0) is 22.5. The maximum atomic E-state index is 13.6. The number of carbonyl (C=O) groups excluding carboxylic acids is 2. The van der Waals surface area contributed by atoms with Crippen LogP contribution < -0.4 is 16.0 Å². The molecule has 0 saturated carbocycles. The number of amides is 3. The van der Waals surface area contributed by atoms with E-state index in [0.29, 0.717) is 16.2 Å². The maximum Gasteiger partial charge on any atom is 0.337 e. The van der Waals surface area contributed by atoms with Gasteiger partial charge in [-0.25, -0.2) is 18.4 Å². The molecule has 0 aliphatic carbocycles. The van der Waals surface area contributed by atoms with Gasteiger partial charge in [-0.2, -0.15) is 0 Å². The van der Waals surface area contributed by atoms with Crippen molar-refractivity contribution in [3.8, 4) is 0 Å². The van der Waals surface area contributed by atoms with Crippen molar-refractivity contribution in [3.63, 3.8) is 0 Å². The second-order valence-electron chi connectivity index (χ2n) is 6.23. The van der Waals surface area contributed by atoms with Crippen LogP contribution in [0.3, 0.4) is 0 Å². The lowest BCUT2D eigenvalue weighted by atomic mass is 10.1. The van der Waals surface area contributed by atoms with E-state index >= 15 is 0 Å². The normalized spacial score (nSPS) is 10.3. The third-order valence-corrected chi connectivity index (χ3v) is 4.54. The highest BCUT2D eigenvalue weighted by Gasteiger charge is 2.14. The molecule has 7 nitrogen and oxygen atoms in total. The molecule has 0 spiro atoms. The summed E-state index contributed by atoms with van der Waals surface area (Å²) in [6.07, 6.45) is 0. The van der Waals surface area contributed by atoms with Gasteiger partial charge in [-0.1, -0.05) is 15.9 Å². The fraction of sp³-hybridized carbons (Fsp3) is 0. The van der Waals surface area contributed by atoms with Gasteiger partial charge >= 0.3 is 12.0 Å². The average Bonchev–Trinajstić information content (AvgIpc) is 2.71. The number of carboxylic acids is 1. The first-order chi connectivity index (χ1) is 14.7. The zero-order valence-electron chi connectivity index (χ0n) is 15.6. The van der Waals surface area contributed by atoms with E-state index in [1.54, 1.807) is 6.07 Å². The predicted molar refractivity (Wildman–Crippen MR) is 114 cm³/mol. The molecule has 3 aromatic carbocycles. The lowest BCUT2D eigenvalue weighted by Crippen LogP contribution is -2.20. The molecule has 0 heterocycles. The van der Waals surface area contributed by atoms with Crippen LogP contribution in [0.25, 0.3) is 0 Å². The lowest BCUT2D eigenvalue weighted by Gasteiger charge is -2.11. The summed E-state index contributed by atoms with van der Waals surface area (Å²) in [5.74, 6) is -3.43. The number of benzene rings is 3. The number of nitrogens with one attached hydrogen (secondary N) is 3. The highest BCUT2D eigenvalue weighted by Crippen LogP contribution is 2.22. The summed E-state index contributed by atoms with van der Waals surface area (Å²) in [5.41, 5.74) is 0.383. The minimum atomic E-state index is -1.19. The second kappa shape index (κ2) is 9.35. The van der Waals surface area contributed by atoms with Crippen molar-refractivity contribution in [2.45, 2.75) is 0 Å². The van der Waals surface area contributed by atoms with Gasteiger partial charge in [-0.15, -0.1) is 0 Å². The molecule has 0 radical (unpaired) electrons. The molecule has 0 aliphatic rings. The van der Waals surface area contributed by atoms with Crippen LogP contribution in [0.4, 0.5) is 30.6 Å². The van der Waals surface area contributed by atoms with Crippen LogP contribution in [0, 0.1) is 11.6 Å². The highest BCUT2D eigenvalue weighted by atomic mass is 79.9. The Balaban J connectivity index is 1.65. The average molecular weight is 490 g/mol. The number of halogens is 3. The van der Waals surface area contributed by atoms with Crippen LogP contribution in [-0.4, -0.2) is 23.0 Å². The number of rotatable bonds is 5. The first-order valence-electron chi connectivity index (χ1n) is 8.70. The molecule has 158 valence electrons. The number of carbonyl (C=O) groups is 3. The van der Waals surface area contributed by atoms with E-state index in [9.17, 15) is 28.3 Å². The number of anilines is 3. The quantitative estimate of drug-likeness (QED) is 0.388. The standard InChI is InChI=1S/C21H14BrF2N3O4/c22-12-3-7-17(15(9-12)20(29)30)26-19(28)11-1-5-14(6-2-11)25-21(31)27-18-8-4-13(23)10-16(18)24/h1-10H,(H,26,28)(H,29,30)(H2,25,27,31). The van der Waals surface area contributed by atoms with Crippen LogP contribution in [0.15, 0.2) is 65.1 Å². The fourth-order valence-corrected chi connectivity index (χ4v) is 2.94. The van der Waals surface area contributed by atoms with Gasteiger partial charge in [0, 0.05) is 21.8 Å². The second-order valence-corrected chi connectivity index (χ2v) is 7.15. The van der Waals surface area contributed by atoms with Crippen LogP contribution in [0.2, 0.25) is 0 Å². The molecule has 0 bridgehead atoms. The third-order valence-electron chi connectivity index (χ3n) is 4.04. The van der Waals surface area contributed by atoms with Gasteiger partial charge in [0.05, 0.1) is 16.9 Å².